The van der Waals surface area contributed by atoms with E-state index in [1.165, 1.54) is 28.1 Å². The first-order chi connectivity index (χ1) is 21.9. The second kappa shape index (κ2) is 14.1. The highest BCUT2D eigenvalue weighted by Crippen LogP contribution is 2.33. The molecule has 0 atom stereocenters. The number of ether oxygens (including phenoxy) is 1. The maximum Gasteiger partial charge on any atom is 0.406 e. The Morgan fingerprint density at radius 3 is 2.37 bits per heavy atom. The van der Waals surface area contributed by atoms with Crippen LogP contribution in [0.2, 0.25) is 0 Å². The van der Waals surface area contributed by atoms with Gasteiger partial charge in [-0.1, -0.05) is 12.0 Å². The Hall–Kier alpha value is -3.44. The van der Waals surface area contributed by atoms with Crippen molar-refractivity contribution in [1.29, 1.82) is 0 Å². The number of aromatic nitrogens is 1. The van der Waals surface area contributed by atoms with Crippen LogP contribution in [0.4, 0.5) is 24.5 Å². The molecule has 0 spiro atoms. The van der Waals surface area contributed by atoms with Crippen LogP contribution in [0.15, 0.2) is 47.4 Å². The molecule has 2 heterocycles. The first-order valence-electron chi connectivity index (χ1n) is 15.6. The first kappa shape index (κ1) is 33.9. The number of rotatable bonds is 9. The van der Waals surface area contributed by atoms with Gasteiger partial charge in [0.25, 0.3) is 0 Å². The molecule has 1 saturated carbocycles. The molecule has 1 aliphatic heterocycles. The number of piperazine rings is 1. The normalized spacial score (nSPS) is 20.0. The fourth-order valence-corrected chi connectivity index (χ4v) is 7.69. The fourth-order valence-electron chi connectivity index (χ4n) is 6.25. The van der Waals surface area contributed by atoms with Crippen molar-refractivity contribution in [1.82, 2.24) is 18.7 Å². The van der Waals surface area contributed by atoms with E-state index in [4.69, 9.17) is 4.74 Å². The quantitative estimate of drug-likeness (QED) is 0.316. The summed E-state index contributed by atoms with van der Waals surface area (Å²) >= 11 is 0. The van der Waals surface area contributed by atoms with Gasteiger partial charge in [0.1, 0.15) is 12.3 Å². The monoisotopic (exact) mass is 660 g/mol. The molecule has 0 unspecified atom stereocenters. The molecule has 2 aliphatic rings. The third-order valence-corrected chi connectivity index (χ3v) is 10.8. The molecule has 1 saturated heterocycles. The number of halogens is 3. The molecule has 13 heteroatoms. The summed E-state index contributed by atoms with van der Waals surface area (Å²) in [6.45, 7) is 1.10. The van der Waals surface area contributed by atoms with Crippen LogP contribution in [0.3, 0.4) is 0 Å². The maximum atomic E-state index is 13.7. The largest absolute Gasteiger partial charge is 0.495 e. The average molecular weight is 661 g/mol. The maximum absolute atomic E-state index is 13.7. The summed E-state index contributed by atoms with van der Waals surface area (Å²) in [6.07, 6.45) is -0.299. The zero-order chi connectivity index (χ0) is 33.1. The zero-order valence-corrected chi connectivity index (χ0v) is 27.6. The third kappa shape index (κ3) is 7.91. The van der Waals surface area contributed by atoms with Crippen molar-refractivity contribution in [3.63, 3.8) is 0 Å². The van der Waals surface area contributed by atoms with E-state index in [0.29, 0.717) is 54.6 Å². The van der Waals surface area contributed by atoms with Gasteiger partial charge in [0.2, 0.25) is 10.0 Å². The van der Waals surface area contributed by atoms with Crippen molar-refractivity contribution in [2.24, 2.45) is 0 Å². The molecule has 0 amide bonds. The van der Waals surface area contributed by atoms with E-state index < -0.39 is 22.7 Å². The van der Waals surface area contributed by atoms with Crippen LogP contribution >= 0.6 is 0 Å². The molecular formula is C33H43F3N6O3S. The summed E-state index contributed by atoms with van der Waals surface area (Å²) in [5.41, 5.74) is 2.07. The van der Waals surface area contributed by atoms with Gasteiger partial charge in [0.05, 0.1) is 35.4 Å². The van der Waals surface area contributed by atoms with Gasteiger partial charge in [-0.2, -0.15) is 17.5 Å². The van der Waals surface area contributed by atoms with Crippen LogP contribution in [-0.4, -0.2) is 106 Å². The standard InChI is InChI=1S/C33H43F3N6O3S/c1-39(2)25-12-10-24(11-13-25)38-29-8-5-9-31-28(29)21-26(42(31)23-33(34,35)36)7-6-16-37-30-15-14-27(22-32(30)45-4)46(43,44)41-19-17-40(3)18-20-41/h5,8-9,14-15,21-22,24-25,37-38H,10-13,16-20,23H2,1-4H3. The number of hydrogen-bond acceptors (Lipinski definition) is 7. The summed E-state index contributed by atoms with van der Waals surface area (Å²) in [5.74, 6) is 6.21. The van der Waals surface area contributed by atoms with Gasteiger partial charge in [-0.05, 0) is 83.1 Å². The molecule has 5 rings (SSSR count). The molecule has 250 valence electrons. The van der Waals surface area contributed by atoms with Gasteiger partial charge >= 0.3 is 6.18 Å². The Morgan fingerprint density at radius 1 is 1.00 bits per heavy atom. The highest BCUT2D eigenvalue weighted by Gasteiger charge is 2.31. The summed E-state index contributed by atoms with van der Waals surface area (Å²) in [6, 6.07) is 12.5. The van der Waals surface area contributed by atoms with Gasteiger partial charge in [0.15, 0.2) is 0 Å². The van der Waals surface area contributed by atoms with E-state index in [0.717, 1.165) is 31.4 Å². The van der Waals surface area contributed by atoms with Gasteiger partial charge in [-0.15, -0.1) is 0 Å². The molecule has 0 radical (unpaired) electrons. The number of methoxy groups -OCH3 is 1. The summed E-state index contributed by atoms with van der Waals surface area (Å²) in [4.78, 5) is 4.47. The Kier molecular flexibility index (Phi) is 10.4. The molecule has 46 heavy (non-hydrogen) atoms. The number of anilines is 2. The highest BCUT2D eigenvalue weighted by atomic mass is 32.2. The van der Waals surface area contributed by atoms with Crippen molar-refractivity contribution in [3.8, 4) is 17.6 Å². The summed E-state index contributed by atoms with van der Waals surface area (Å²) in [5, 5.41) is 7.41. The number of nitrogens with zero attached hydrogens (tertiary/aromatic N) is 4. The first-order valence-corrected chi connectivity index (χ1v) is 17.0. The number of benzene rings is 2. The van der Waals surface area contributed by atoms with Crippen molar-refractivity contribution in [3.05, 3.63) is 48.2 Å². The molecule has 1 aliphatic carbocycles. The minimum Gasteiger partial charge on any atom is -0.495 e. The number of nitrogens with one attached hydrogen (secondary N) is 2. The number of alkyl halides is 3. The van der Waals surface area contributed by atoms with Crippen molar-refractivity contribution in [2.45, 2.75) is 55.4 Å². The lowest BCUT2D eigenvalue weighted by atomic mass is 9.90. The van der Waals surface area contributed by atoms with E-state index in [1.54, 1.807) is 24.3 Å². The molecule has 0 bridgehead atoms. The minimum atomic E-state index is -4.42. The molecule has 1 aromatic heterocycles. The lowest BCUT2D eigenvalue weighted by molar-refractivity contribution is -0.140. The lowest BCUT2D eigenvalue weighted by Crippen LogP contribution is -2.47. The van der Waals surface area contributed by atoms with Gasteiger partial charge in [-0.25, -0.2) is 8.42 Å². The van der Waals surface area contributed by atoms with E-state index >= 15 is 0 Å². The summed E-state index contributed by atoms with van der Waals surface area (Å²) in [7, 11) is 3.92. The summed E-state index contributed by atoms with van der Waals surface area (Å²) < 4.78 is 75.6. The number of fused-ring (bicyclic) bond motifs is 1. The third-order valence-electron chi connectivity index (χ3n) is 8.93. The molecule has 2 N–H and O–H groups in total. The molecule has 9 nitrogen and oxygen atoms in total. The molecular weight excluding hydrogens is 617 g/mol. The highest BCUT2D eigenvalue weighted by molar-refractivity contribution is 7.89. The van der Waals surface area contributed by atoms with Crippen LogP contribution in [-0.2, 0) is 16.6 Å². The van der Waals surface area contributed by atoms with Crippen LogP contribution in [0, 0.1) is 11.8 Å². The SMILES string of the molecule is COc1cc(S(=O)(=O)N2CCN(C)CC2)ccc1NCC#Cc1cc2c(NC3CCC(N(C)C)CC3)cccc2n1CC(F)(F)F. The van der Waals surface area contributed by atoms with Gasteiger partial charge < -0.3 is 29.7 Å². The van der Waals surface area contributed by atoms with E-state index in [2.05, 4.69) is 46.4 Å². The van der Waals surface area contributed by atoms with Gasteiger partial charge in [-0.3, -0.25) is 0 Å². The Balaban J connectivity index is 1.33. The topological polar surface area (TPSA) is 82.1 Å². The zero-order valence-electron chi connectivity index (χ0n) is 26.8. The van der Waals surface area contributed by atoms with Crippen molar-refractivity contribution >= 4 is 32.3 Å². The lowest BCUT2D eigenvalue weighted by Gasteiger charge is -2.33. The smallest absolute Gasteiger partial charge is 0.406 e. The van der Waals surface area contributed by atoms with Crippen molar-refractivity contribution in [2.75, 3.05) is 71.6 Å². The Morgan fingerprint density at radius 2 is 1.72 bits per heavy atom. The average Bonchev–Trinajstić information content (AvgIpc) is 3.36. The molecule has 2 fully saturated rings. The predicted octanol–water partition coefficient (Wildman–Crippen LogP) is 4.90. The van der Waals surface area contributed by atoms with E-state index in [-0.39, 0.29) is 23.2 Å². The van der Waals surface area contributed by atoms with Crippen LogP contribution < -0.4 is 15.4 Å². The number of likely N-dealkylation sites (N-methyl/N-ethyl adjacent to an activating group) is 1. The predicted molar refractivity (Wildman–Crippen MR) is 176 cm³/mol. The van der Waals surface area contributed by atoms with Crippen LogP contribution in [0.5, 0.6) is 5.75 Å². The minimum absolute atomic E-state index is 0.106. The number of sulfonamides is 1. The Labute approximate surface area is 269 Å². The van der Waals surface area contributed by atoms with Crippen molar-refractivity contribution < 1.29 is 26.3 Å². The van der Waals surface area contributed by atoms with Crippen LogP contribution in [0.25, 0.3) is 10.9 Å². The molecule has 3 aromatic rings. The van der Waals surface area contributed by atoms with Crippen LogP contribution in [0.1, 0.15) is 31.4 Å². The Bertz CT molecular complexity index is 1680. The van der Waals surface area contributed by atoms with E-state index in [9.17, 15) is 21.6 Å². The second-order valence-corrected chi connectivity index (χ2v) is 14.2. The second-order valence-electron chi connectivity index (χ2n) is 12.3. The van der Waals surface area contributed by atoms with Gasteiger partial charge in [0, 0.05) is 55.4 Å². The fraction of sp³-hybridized carbons (Fsp3) is 0.515. The molecule has 2 aromatic carbocycles. The number of hydrogen-bond donors (Lipinski definition) is 2. The van der Waals surface area contributed by atoms with E-state index in [1.807, 2.05) is 13.1 Å².